The van der Waals surface area contributed by atoms with Crippen LogP contribution in [0.3, 0.4) is 0 Å². The molecule has 1 aliphatic heterocycles. The number of carbonyl (C=O) groups is 1. The third-order valence-corrected chi connectivity index (χ3v) is 5.41. The standard InChI is InChI=1S/C20H12N2O3S/c23-18-12-6-1-2-7-13(12)25-19-16(18)17(14-8-5-11-26-14)22(20(19)24)15-9-3-4-10-21-15/h1-11,17H. The van der Waals surface area contributed by atoms with Gasteiger partial charge in [-0.2, -0.15) is 0 Å². The molecule has 6 heteroatoms. The number of fused-ring (bicyclic) bond motifs is 2. The number of carbonyl (C=O) groups excluding carboxylic acids is 1. The first-order valence-corrected chi connectivity index (χ1v) is 8.97. The minimum absolute atomic E-state index is 0.0951. The van der Waals surface area contributed by atoms with Gasteiger partial charge in [0.25, 0.3) is 5.91 Å². The molecule has 0 radical (unpaired) electrons. The molecule has 4 aromatic rings. The Morgan fingerprint density at radius 2 is 1.85 bits per heavy atom. The van der Waals surface area contributed by atoms with E-state index in [1.807, 2.05) is 23.6 Å². The van der Waals surface area contributed by atoms with Gasteiger partial charge in [-0.1, -0.05) is 24.3 Å². The smallest absolute Gasteiger partial charge is 0.296 e. The highest BCUT2D eigenvalue weighted by Gasteiger charge is 2.44. The summed E-state index contributed by atoms with van der Waals surface area (Å²) in [4.78, 5) is 33.1. The van der Waals surface area contributed by atoms with Gasteiger partial charge in [0.2, 0.25) is 5.76 Å². The van der Waals surface area contributed by atoms with Crippen molar-refractivity contribution >= 4 is 34.0 Å². The normalized spacial score (nSPS) is 16.2. The van der Waals surface area contributed by atoms with Crippen LogP contribution in [0.1, 0.15) is 27.0 Å². The van der Waals surface area contributed by atoms with Gasteiger partial charge in [0.1, 0.15) is 17.4 Å². The van der Waals surface area contributed by atoms with Crippen LogP contribution in [0.4, 0.5) is 5.82 Å². The predicted octanol–water partition coefficient (Wildman–Crippen LogP) is 4.00. The number of hydrogen-bond donors (Lipinski definition) is 0. The molecule has 0 saturated heterocycles. The van der Waals surface area contributed by atoms with Crippen LogP contribution >= 0.6 is 11.3 Å². The maximum Gasteiger partial charge on any atom is 0.296 e. The van der Waals surface area contributed by atoms with Crippen molar-refractivity contribution in [1.82, 2.24) is 4.98 Å². The highest BCUT2D eigenvalue weighted by Crippen LogP contribution is 2.41. The van der Waals surface area contributed by atoms with Crippen LogP contribution in [-0.4, -0.2) is 10.9 Å². The molecule has 4 heterocycles. The molecular weight excluding hydrogens is 348 g/mol. The fraction of sp³-hybridized carbons (Fsp3) is 0.0500. The zero-order valence-corrected chi connectivity index (χ0v) is 14.3. The summed E-state index contributed by atoms with van der Waals surface area (Å²) in [6.45, 7) is 0. The Balaban J connectivity index is 1.84. The van der Waals surface area contributed by atoms with Crippen LogP contribution in [0.25, 0.3) is 11.0 Å². The molecule has 5 nitrogen and oxygen atoms in total. The average Bonchev–Trinajstić information content (AvgIpc) is 3.30. The molecular formula is C20H12N2O3S. The van der Waals surface area contributed by atoms with Crippen molar-refractivity contribution in [2.75, 3.05) is 4.90 Å². The Labute approximate surface area is 152 Å². The molecule has 0 N–H and O–H groups in total. The van der Waals surface area contributed by atoms with Crippen molar-refractivity contribution in [1.29, 1.82) is 0 Å². The maximum atomic E-state index is 13.2. The van der Waals surface area contributed by atoms with Crippen LogP contribution in [-0.2, 0) is 0 Å². The predicted molar refractivity (Wildman–Crippen MR) is 99.7 cm³/mol. The first kappa shape index (κ1) is 15.0. The number of hydrogen-bond acceptors (Lipinski definition) is 5. The molecule has 3 aromatic heterocycles. The summed E-state index contributed by atoms with van der Waals surface area (Å²) in [7, 11) is 0. The van der Waals surface area contributed by atoms with Crippen LogP contribution in [0.5, 0.6) is 0 Å². The Hall–Kier alpha value is -3.25. The molecule has 1 atom stereocenters. The Morgan fingerprint density at radius 3 is 2.62 bits per heavy atom. The quantitative estimate of drug-likeness (QED) is 0.542. The van der Waals surface area contributed by atoms with Gasteiger partial charge in [-0.3, -0.25) is 14.5 Å². The Morgan fingerprint density at radius 1 is 1.00 bits per heavy atom. The summed E-state index contributed by atoms with van der Waals surface area (Å²) in [6, 6.07) is 15.6. The number of thiophene rings is 1. The van der Waals surface area contributed by atoms with Crippen LogP contribution < -0.4 is 10.3 Å². The molecule has 5 rings (SSSR count). The number of amides is 1. The summed E-state index contributed by atoms with van der Waals surface area (Å²) >= 11 is 1.50. The molecule has 1 aliphatic rings. The van der Waals surface area contributed by atoms with Crippen LogP contribution in [0.2, 0.25) is 0 Å². The minimum atomic E-state index is -0.534. The minimum Gasteiger partial charge on any atom is -0.450 e. The van der Waals surface area contributed by atoms with Crippen molar-refractivity contribution in [3.8, 4) is 0 Å². The second kappa shape index (κ2) is 5.64. The lowest BCUT2D eigenvalue weighted by Crippen LogP contribution is -2.29. The largest absolute Gasteiger partial charge is 0.450 e. The Bertz CT molecular complexity index is 1180. The van der Waals surface area contributed by atoms with Gasteiger partial charge in [0, 0.05) is 11.1 Å². The molecule has 26 heavy (non-hydrogen) atoms. The summed E-state index contributed by atoms with van der Waals surface area (Å²) < 4.78 is 5.86. The third kappa shape index (κ3) is 2.06. The number of pyridine rings is 1. The van der Waals surface area contributed by atoms with Gasteiger partial charge in [0.15, 0.2) is 5.43 Å². The second-order valence-electron chi connectivity index (χ2n) is 5.95. The lowest BCUT2D eigenvalue weighted by atomic mass is 10.0. The second-order valence-corrected chi connectivity index (χ2v) is 6.93. The number of anilines is 1. The van der Waals surface area contributed by atoms with Crippen LogP contribution in [0, 0.1) is 0 Å². The molecule has 1 unspecified atom stereocenters. The SMILES string of the molecule is O=C1c2oc3ccccc3c(=O)c2C(c2cccs2)N1c1ccccn1. The van der Waals surface area contributed by atoms with E-state index in [-0.39, 0.29) is 17.1 Å². The molecule has 1 amide bonds. The van der Waals surface area contributed by atoms with Gasteiger partial charge >= 0.3 is 0 Å². The summed E-state index contributed by atoms with van der Waals surface area (Å²) in [6.07, 6.45) is 1.63. The van der Waals surface area contributed by atoms with E-state index >= 15 is 0 Å². The summed E-state index contributed by atoms with van der Waals surface area (Å²) in [5.41, 5.74) is 0.617. The lowest BCUT2D eigenvalue weighted by molar-refractivity contribution is 0.0970. The fourth-order valence-corrected chi connectivity index (χ4v) is 4.19. The molecule has 0 spiro atoms. The van der Waals surface area contributed by atoms with Gasteiger partial charge in [-0.25, -0.2) is 4.98 Å². The number of benzene rings is 1. The van der Waals surface area contributed by atoms with E-state index in [1.54, 1.807) is 47.5 Å². The van der Waals surface area contributed by atoms with Gasteiger partial charge in [-0.15, -0.1) is 11.3 Å². The summed E-state index contributed by atoms with van der Waals surface area (Å²) in [5, 5.41) is 2.40. The molecule has 0 fully saturated rings. The van der Waals surface area contributed by atoms with Gasteiger partial charge < -0.3 is 4.42 Å². The molecule has 0 saturated carbocycles. The average molecular weight is 360 g/mol. The lowest BCUT2D eigenvalue weighted by Gasteiger charge is -2.22. The number of nitrogens with zero attached hydrogens (tertiary/aromatic N) is 2. The third-order valence-electron chi connectivity index (χ3n) is 4.49. The first-order chi connectivity index (χ1) is 12.8. The van der Waals surface area contributed by atoms with E-state index in [0.717, 1.165) is 4.88 Å². The fourth-order valence-electron chi connectivity index (χ4n) is 3.37. The van der Waals surface area contributed by atoms with E-state index in [1.165, 1.54) is 11.3 Å². The summed E-state index contributed by atoms with van der Waals surface area (Å²) in [5.74, 6) is 0.239. The highest BCUT2D eigenvalue weighted by molar-refractivity contribution is 7.10. The number of aromatic nitrogens is 1. The van der Waals surface area contributed by atoms with Gasteiger partial charge in [-0.05, 0) is 35.7 Å². The first-order valence-electron chi connectivity index (χ1n) is 8.09. The van der Waals surface area contributed by atoms with E-state index < -0.39 is 6.04 Å². The van der Waals surface area contributed by atoms with Crippen molar-refractivity contribution in [3.05, 3.63) is 92.6 Å². The van der Waals surface area contributed by atoms with Crippen molar-refractivity contribution in [3.63, 3.8) is 0 Å². The van der Waals surface area contributed by atoms with Crippen LogP contribution in [0.15, 0.2) is 75.4 Å². The maximum absolute atomic E-state index is 13.2. The highest BCUT2D eigenvalue weighted by atomic mass is 32.1. The molecule has 126 valence electrons. The molecule has 0 aliphatic carbocycles. The monoisotopic (exact) mass is 360 g/mol. The molecule has 1 aromatic carbocycles. The van der Waals surface area contributed by atoms with Crippen molar-refractivity contribution in [2.24, 2.45) is 0 Å². The molecule has 0 bridgehead atoms. The van der Waals surface area contributed by atoms with E-state index in [4.69, 9.17) is 4.42 Å². The zero-order valence-electron chi connectivity index (χ0n) is 13.5. The number of rotatable bonds is 2. The van der Waals surface area contributed by atoms with E-state index in [9.17, 15) is 9.59 Å². The van der Waals surface area contributed by atoms with E-state index in [0.29, 0.717) is 22.4 Å². The van der Waals surface area contributed by atoms with Crippen molar-refractivity contribution in [2.45, 2.75) is 6.04 Å². The Kier molecular flexibility index (Phi) is 3.26. The van der Waals surface area contributed by atoms with Crippen molar-refractivity contribution < 1.29 is 9.21 Å². The number of para-hydroxylation sites is 1. The van der Waals surface area contributed by atoms with Gasteiger partial charge in [0.05, 0.1) is 10.9 Å². The topological polar surface area (TPSA) is 63.4 Å². The van der Waals surface area contributed by atoms with E-state index in [2.05, 4.69) is 4.98 Å². The zero-order chi connectivity index (χ0) is 17.7.